The molecule has 0 amide bonds. The topological polar surface area (TPSA) is 79.2 Å². The van der Waals surface area contributed by atoms with Crippen molar-refractivity contribution in [1.29, 1.82) is 0 Å². The van der Waals surface area contributed by atoms with Gasteiger partial charge in [0.2, 0.25) is 0 Å². The molecule has 1 aliphatic heterocycles. The van der Waals surface area contributed by atoms with Gasteiger partial charge in [-0.1, -0.05) is 10.8 Å². The highest BCUT2D eigenvalue weighted by Crippen LogP contribution is 2.47. The number of methoxy groups -OCH3 is 1. The van der Waals surface area contributed by atoms with Crippen molar-refractivity contribution in [3.63, 3.8) is 0 Å². The number of halogens is 1. The van der Waals surface area contributed by atoms with Crippen molar-refractivity contribution < 1.29 is 27.8 Å². The number of carbonyl (C=O) groups excluding carboxylic acids is 1. The highest BCUT2D eigenvalue weighted by atomic mass is 32.3. The molecule has 0 saturated carbocycles. The molecule has 2 rings (SSSR count). The van der Waals surface area contributed by atoms with Gasteiger partial charge in [0.25, 0.3) is 0 Å². The molecule has 8 heteroatoms. The third kappa shape index (κ3) is 2.81. The lowest BCUT2D eigenvalue weighted by molar-refractivity contribution is 0.0595. The fourth-order valence-electron chi connectivity index (χ4n) is 1.76. The van der Waals surface area contributed by atoms with Gasteiger partial charge in [-0.15, -0.1) is 0 Å². The van der Waals surface area contributed by atoms with Crippen LogP contribution in [0.2, 0.25) is 0 Å². The van der Waals surface area contributed by atoms with E-state index in [1.54, 1.807) is 0 Å². The summed E-state index contributed by atoms with van der Waals surface area (Å²) < 4.78 is 44.1. The summed E-state index contributed by atoms with van der Waals surface area (Å²) >= 11 is 0. The largest absolute Gasteiger partial charge is 0.465 e. The molecule has 6 nitrogen and oxygen atoms in total. The van der Waals surface area contributed by atoms with E-state index in [1.165, 1.54) is 16.4 Å². The Morgan fingerprint density at radius 1 is 1.53 bits per heavy atom. The molecule has 1 aromatic rings. The van der Waals surface area contributed by atoms with Crippen LogP contribution in [0, 0.1) is 5.82 Å². The Balaban J connectivity index is 2.31. The second kappa shape index (κ2) is 5.33. The van der Waals surface area contributed by atoms with Crippen LogP contribution < -0.4 is 4.31 Å². The van der Waals surface area contributed by atoms with Crippen LogP contribution in [0.15, 0.2) is 18.2 Å². The van der Waals surface area contributed by atoms with Gasteiger partial charge in [0, 0.05) is 0 Å². The molecule has 0 aromatic heterocycles. The van der Waals surface area contributed by atoms with Crippen molar-refractivity contribution in [2.24, 2.45) is 0 Å². The number of ether oxygens (including phenoxy) is 2. The van der Waals surface area contributed by atoms with Gasteiger partial charge in [0.1, 0.15) is 5.82 Å². The van der Waals surface area contributed by atoms with Gasteiger partial charge < -0.3 is 9.47 Å². The van der Waals surface area contributed by atoms with Crippen LogP contribution in [0.1, 0.15) is 10.4 Å². The Labute approximate surface area is 111 Å². The van der Waals surface area contributed by atoms with Crippen molar-refractivity contribution in [3.05, 3.63) is 29.6 Å². The lowest BCUT2D eigenvalue weighted by Gasteiger charge is -2.46. The van der Waals surface area contributed by atoms with Crippen LogP contribution in [-0.4, -0.2) is 41.3 Å². The summed E-state index contributed by atoms with van der Waals surface area (Å²) in [4.78, 5) is 11.3. The Morgan fingerprint density at radius 3 is 2.84 bits per heavy atom. The number of carbonyl (C=O) groups is 1. The Kier molecular flexibility index (Phi) is 3.95. The summed E-state index contributed by atoms with van der Waals surface area (Å²) in [6.07, 6.45) is 0. The number of esters is 1. The summed E-state index contributed by atoms with van der Waals surface area (Å²) in [7, 11) is -1.94. The lowest BCUT2D eigenvalue weighted by atomic mass is 10.2. The minimum atomic E-state index is -3.10. The van der Waals surface area contributed by atoms with Crippen molar-refractivity contribution in [2.45, 2.75) is 0 Å². The number of rotatable bonds is 2. The minimum absolute atomic E-state index is 0.198. The minimum Gasteiger partial charge on any atom is -0.465 e. The average molecular weight is 291 g/mol. The van der Waals surface area contributed by atoms with Gasteiger partial charge >= 0.3 is 5.97 Å². The van der Waals surface area contributed by atoms with Crippen molar-refractivity contribution >= 4 is 22.4 Å². The zero-order chi connectivity index (χ0) is 14.0. The second-order valence-corrected chi connectivity index (χ2v) is 5.86. The molecule has 0 aliphatic carbocycles. The third-order valence-electron chi connectivity index (χ3n) is 2.68. The molecule has 106 valence electrons. The average Bonchev–Trinajstić information content (AvgIpc) is 2.37. The molecule has 1 heterocycles. The van der Waals surface area contributed by atoms with E-state index >= 15 is 0 Å². The maximum atomic E-state index is 13.8. The third-order valence-corrected chi connectivity index (χ3v) is 4.26. The molecule has 0 unspecified atom stereocenters. The predicted molar refractivity (Wildman–Crippen MR) is 68.8 cm³/mol. The van der Waals surface area contributed by atoms with Gasteiger partial charge in [-0.25, -0.2) is 9.18 Å². The molecular formula is C11H14FNO5S. The Morgan fingerprint density at radius 2 is 2.26 bits per heavy atom. The van der Waals surface area contributed by atoms with Crippen LogP contribution in [0.4, 0.5) is 10.1 Å². The molecule has 1 aliphatic rings. The maximum Gasteiger partial charge on any atom is 0.340 e. The van der Waals surface area contributed by atoms with Gasteiger partial charge in [0.05, 0.1) is 31.5 Å². The monoisotopic (exact) mass is 291 g/mol. The highest BCUT2D eigenvalue weighted by Gasteiger charge is 2.28. The van der Waals surface area contributed by atoms with Crippen molar-refractivity contribution in [3.8, 4) is 0 Å². The molecule has 0 radical (unpaired) electrons. The fourth-order valence-corrected chi connectivity index (χ4v) is 3.05. The van der Waals surface area contributed by atoms with Crippen LogP contribution in [0.5, 0.6) is 0 Å². The smallest absolute Gasteiger partial charge is 0.340 e. The number of benzene rings is 1. The number of anilines is 1. The molecule has 0 spiro atoms. The Bertz CT molecular complexity index is 496. The predicted octanol–water partition coefficient (Wildman–Crippen LogP) is 2.07. The fraction of sp³-hybridized carbons (Fsp3) is 0.364. The van der Waals surface area contributed by atoms with E-state index in [1.807, 2.05) is 0 Å². The van der Waals surface area contributed by atoms with E-state index in [9.17, 15) is 18.3 Å². The summed E-state index contributed by atoms with van der Waals surface area (Å²) in [5.41, 5.74) is 0.0874. The molecule has 2 N–H and O–H groups in total. The van der Waals surface area contributed by atoms with E-state index in [4.69, 9.17) is 4.74 Å². The van der Waals surface area contributed by atoms with Gasteiger partial charge in [-0.2, -0.15) is 0 Å². The summed E-state index contributed by atoms with van der Waals surface area (Å²) in [6.45, 7) is 0.551. The first-order chi connectivity index (χ1) is 8.95. The van der Waals surface area contributed by atoms with Gasteiger partial charge in [-0.3, -0.25) is 13.4 Å². The first-order valence-corrected chi connectivity index (χ1v) is 7.12. The maximum absolute atomic E-state index is 13.8. The number of hydrogen-bond donors (Lipinski definition) is 2. The highest BCUT2D eigenvalue weighted by molar-refractivity contribution is 8.25. The molecule has 1 saturated heterocycles. The zero-order valence-corrected chi connectivity index (χ0v) is 11.0. The second-order valence-electron chi connectivity index (χ2n) is 3.92. The molecular weight excluding hydrogens is 277 g/mol. The number of hydrogen-bond acceptors (Lipinski definition) is 6. The number of nitrogens with zero attached hydrogens (tertiary/aromatic N) is 1. The van der Waals surface area contributed by atoms with E-state index in [2.05, 4.69) is 4.74 Å². The quantitative estimate of drug-likeness (QED) is 0.812. The van der Waals surface area contributed by atoms with Gasteiger partial charge in [0.15, 0.2) is 5.94 Å². The molecule has 19 heavy (non-hydrogen) atoms. The van der Waals surface area contributed by atoms with Crippen molar-refractivity contribution in [1.82, 2.24) is 0 Å². The molecule has 1 aromatic carbocycles. The van der Waals surface area contributed by atoms with E-state index < -0.39 is 22.6 Å². The summed E-state index contributed by atoms with van der Waals surface area (Å²) in [5, 5.41) is 0. The van der Waals surface area contributed by atoms with Crippen LogP contribution in [0.25, 0.3) is 0 Å². The van der Waals surface area contributed by atoms with Crippen LogP contribution >= 0.6 is 10.8 Å². The van der Waals surface area contributed by atoms with Crippen LogP contribution in [-0.2, 0) is 9.47 Å². The van der Waals surface area contributed by atoms with E-state index in [0.717, 1.165) is 13.2 Å². The molecule has 0 atom stereocenters. The normalized spacial score (nSPS) is 19.9. The standard InChI is InChI=1S/C11H14FNO5S/c1-17-11(14)9-3-2-8(6-10(9)12)13-4-5-18-7-19(13,15)16/h2-3,6,15-16H,4-5,7H2,1H3. The first-order valence-electron chi connectivity index (χ1n) is 5.45. The van der Waals surface area contributed by atoms with E-state index in [-0.39, 0.29) is 23.7 Å². The molecule has 1 fully saturated rings. The zero-order valence-electron chi connectivity index (χ0n) is 10.2. The van der Waals surface area contributed by atoms with Crippen LogP contribution in [0.3, 0.4) is 0 Å². The first kappa shape index (κ1) is 14.1. The Hall–Kier alpha value is -1.35. The SMILES string of the molecule is COC(=O)c1ccc(N2CCOCS2(O)O)cc1F. The van der Waals surface area contributed by atoms with Gasteiger partial charge in [-0.05, 0) is 18.2 Å². The summed E-state index contributed by atoms with van der Waals surface area (Å²) in [6, 6.07) is 3.77. The van der Waals surface area contributed by atoms with E-state index in [0.29, 0.717) is 6.61 Å². The molecule has 0 bridgehead atoms. The summed E-state index contributed by atoms with van der Waals surface area (Å²) in [5.74, 6) is -1.77. The lowest BCUT2D eigenvalue weighted by Crippen LogP contribution is -2.38. The van der Waals surface area contributed by atoms with Crippen molar-refractivity contribution in [2.75, 3.05) is 30.5 Å².